The number of benzene rings is 2. The van der Waals surface area contributed by atoms with Crippen molar-refractivity contribution in [2.75, 3.05) is 5.75 Å². The van der Waals surface area contributed by atoms with E-state index in [4.69, 9.17) is 16.0 Å². The number of amides is 1. The van der Waals surface area contributed by atoms with Gasteiger partial charge < -0.3 is 9.73 Å². The van der Waals surface area contributed by atoms with Crippen LogP contribution >= 0.6 is 23.4 Å². The maximum Gasteiger partial charge on any atom is 0.419 e. The Balaban J connectivity index is 1.46. The predicted octanol–water partition coefficient (Wildman–Crippen LogP) is 3.99. The van der Waals surface area contributed by atoms with Gasteiger partial charge in [-0.2, -0.15) is 0 Å². The summed E-state index contributed by atoms with van der Waals surface area (Å²) in [7, 11) is 0. The van der Waals surface area contributed by atoms with E-state index in [1.807, 2.05) is 36.4 Å². The smallest absolute Gasteiger partial charge is 0.408 e. The molecule has 0 radical (unpaired) electrons. The van der Waals surface area contributed by atoms with Crippen molar-refractivity contribution in [3.8, 4) is 0 Å². The van der Waals surface area contributed by atoms with Gasteiger partial charge in [0.2, 0.25) is 5.91 Å². The van der Waals surface area contributed by atoms with E-state index >= 15 is 0 Å². The summed E-state index contributed by atoms with van der Waals surface area (Å²) in [6, 6.07) is 13.0. The third-order valence-corrected chi connectivity index (χ3v) is 5.84. The van der Waals surface area contributed by atoms with Gasteiger partial charge in [-0.05, 0) is 42.3 Å². The predicted molar refractivity (Wildman–Crippen MR) is 103 cm³/mol. The van der Waals surface area contributed by atoms with Crippen molar-refractivity contribution in [2.24, 2.45) is 0 Å². The number of aromatic nitrogens is 1. The highest BCUT2D eigenvalue weighted by atomic mass is 35.5. The quantitative estimate of drug-likeness (QED) is 0.733. The lowest BCUT2D eigenvalue weighted by Crippen LogP contribution is -2.31. The van der Waals surface area contributed by atoms with E-state index in [1.165, 1.54) is 4.57 Å². The summed E-state index contributed by atoms with van der Waals surface area (Å²) in [6.07, 6.45) is 1.07. The number of hydrogen-bond donors (Lipinski definition) is 1. The van der Waals surface area contributed by atoms with Crippen LogP contribution in [0.25, 0.3) is 11.1 Å². The van der Waals surface area contributed by atoms with Crippen LogP contribution in [0.5, 0.6) is 0 Å². The Hall–Kier alpha value is -2.18. The first-order valence-electron chi connectivity index (χ1n) is 8.42. The van der Waals surface area contributed by atoms with E-state index in [0.29, 0.717) is 16.1 Å². The van der Waals surface area contributed by atoms with Crippen LogP contribution in [-0.2, 0) is 11.3 Å². The van der Waals surface area contributed by atoms with Gasteiger partial charge in [0.25, 0.3) is 0 Å². The van der Waals surface area contributed by atoms with E-state index < -0.39 is 5.76 Å². The van der Waals surface area contributed by atoms with E-state index in [0.717, 1.165) is 22.6 Å². The van der Waals surface area contributed by atoms with Crippen LogP contribution in [0, 0.1) is 0 Å². The van der Waals surface area contributed by atoms with Gasteiger partial charge in [0.05, 0.1) is 11.6 Å². The summed E-state index contributed by atoms with van der Waals surface area (Å²) in [5, 5.41) is 3.74. The number of halogens is 1. The van der Waals surface area contributed by atoms with Crippen LogP contribution in [0.1, 0.15) is 24.4 Å². The van der Waals surface area contributed by atoms with Crippen molar-refractivity contribution in [1.82, 2.24) is 9.88 Å². The first kappa shape index (κ1) is 17.2. The van der Waals surface area contributed by atoms with Crippen molar-refractivity contribution < 1.29 is 9.21 Å². The molecule has 0 spiro atoms. The molecule has 0 aliphatic carbocycles. The molecular weight excluding hydrogens is 372 g/mol. The summed E-state index contributed by atoms with van der Waals surface area (Å²) in [6.45, 7) is 0.283. The minimum atomic E-state index is -0.440. The van der Waals surface area contributed by atoms with Crippen LogP contribution in [0.15, 0.2) is 56.6 Å². The fraction of sp³-hybridized carbons (Fsp3) is 0.263. The average Bonchev–Trinajstić information content (AvgIpc) is 2.95. The molecule has 134 valence electrons. The average molecular weight is 389 g/mol. The lowest BCUT2D eigenvalue weighted by Gasteiger charge is -2.26. The van der Waals surface area contributed by atoms with Crippen molar-refractivity contribution >= 4 is 40.4 Å². The van der Waals surface area contributed by atoms with Gasteiger partial charge in [0.15, 0.2) is 5.58 Å². The summed E-state index contributed by atoms with van der Waals surface area (Å²) in [4.78, 5) is 25.6. The first-order valence-corrected chi connectivity index (χ1v) is 9.78. The third-order valence-electron chi connectivity index (χ3n) is 4.48. The van der Waals surface area contributed by atoms with Crippen molar-refractivity contribution in [3.05, 3.63) is 63.6 Å². The molecule has 1 amide bonds. The molecule has 2 heterocycles. The molecule has 0 fully saturated rings. The Morgan fingerprint density at radius 2 is 2.15 bits per heavy atom. The Morgan fingerprint density at radius 1 is 1.31 bits per heavy atom. The van der Waals surface area contributed by atoms with Crippen LogP contribution in [0.3, 0.4) is 0 Å². The van der Waals surface area contributed by atoms with Gasteiger partial charge in [-0.15, -0.1) is 11.8 Å². The molecule has 26 heavy (non-hydrogen) atoms. The number of hydrogen-bond acceptors (Lipinski definition) is 4. The highest BCUT2D eigenvalue weighted by Gasteiger charge is 2.22. The molecule has 7 heteroatoms. The van der Waals surface area contributed by atoms with E-state index in [2.05, 4.69) is 5.32 Å². The Bertz CT molecular complexity index is 1030. The second-order valence-corrected chi connectivity index (χ2v) is 7.75. The van der Waals surface area contributed by atoms with E-state index in [9.17, 15) is 9.59 Å². The lowest BCUT2D eigenvalue weighted by molar-refractivity contribution is -0.122. The molecule has 1 unspecified atom stereocenters. The molecule has 4 rings (SSSR count). The normalized spacial score (nSPS) is 16.4. The molecule has 0 bridgehead atoms. The fourth-order valence-corrected chi connectivity index (χ4v) is 4.51. The maximum atomic E-state index is 12.5. The lowest BCUT2D eigenvalue weighted by atomic mass is 10.0. The van der Waals surface area contributed by atoms with Crippen LogP contribution in [0.4, 0.5) is 0 Å². The van der Waals surface area contributed by atoms with Gasteiger partial charge in [0, 0.05) is 28.6 Å². The summed E-state index contributed by atoms with van der Waals surface area (Å²) < 4.78 is 6.70. The number of carbonyl (C=O) groups excluding carboxylic acids is 1. The van der Waals surface area contributed by atoms with Gasteiger partial charge in [0.1, 0.15) is 0 Å². The largest absolute Gasteiger partial charge is 0.419 e. The number of aryl methyl sites for hydroxylation is 1. The highest BCUT2D eigenvalue weighted by Crippen LogP contribution is 2.37. The number of thioether (sulfide) groups is 1. The number of oxazole rings is 1. The molecule has 5 nitrogen and oxygen atoms in total. The Morgan fingerprint density at radius 3 is 3.04 bits per heavy atom. The topological polar surface area (TPSA) is 64.2 Å². The number of carbonyl (C=O) groups is 1. The number of para-hydroxylation sites is 2. The highest BCUT2D eigenvalue weighted by molar-refractivity contribution is 7.99. The minimum absolute atomic E-state index is 0.0461. The van der Waals surface area contributed by atoms with Crippen LogP contribution < -0.4 is 11.1 Å². The van der Waals surface area contributed by atoms with Crippen LogP contribution in [-0.4, -0.2) is 16.2 Å². The number of nitrogens with zero attached hydrogens (tertiary/aromatic N) is 1. The third kappa shape index (κ3) is 3.39. The van der Waals surface area contributed by atoms with E-state index in [-0.39, 0.29) is 24.9 Å². The number of fused-ring (bicyclic) bond motifs is 2. The Kier molecular flexibility index (Phi) is 4.78. The second kappa shape index (κ2) is 7.21. The van der Waals surface area contributed by atoms with Gasteiger partial charge in [-0.25, -0.2) is 4.79 Å². The molecular formula is C19H17ClN2O3S. The van der Waals surface area contributed by atoms with Gasteiger partial charge in [-0.1, -0.05) is 23.7 Å². The molecule has 0 saturated heterocycles. The van der Waals surface area contributed by atoms with Crippen LogP contribution in [0.2, 0.25) is 5.02 Å². The molecule has 1 aromatic heterocycles. The minimum Gasteiger partial charge on any atom is -0.408 e. The summed E-state index contributed by atoms with van der Waals surface area (Å²) >= 11 is 7.88. The first-order chi connectivity index (χ1) is 12.6. The molecule has 1 N–H and O–H groups in total. The molecule has 1 aliphatic heterocycles. The zero-order valence-electron chi connectivity index (χ0n) is 13.9. The van der Waals surface area contributed by atoms with E-state index in [1.54, 1.807) is 17.8 Å². The number of nitrogens with one attached hydrogen (secondary N) is 1. The Labute approximate surface area is 159 Å². The zero-order valence-corrected chi connectivity index (χ0v) is 15.5. The summed E-state index contributed by atoms with van der Waals surface area (Å²) in [5.74, 6) is 0.418. The summed E-state index contributed by atoms with van der Waals surface area (Å²) in [5.41, 5.74) is 2.30. The molecule has 0 saturated carbocycles. The molecule has 3 aromatic rings. The standard InChI is InChI=1S/C19H17ClN2O3S/c20-12-5-6-17-13(11-12)14(8-10-26-17)21-18(23)7-9-22-15-3-1-2-4-16(15)25-19(22)24/h1-6,11,14H,7-10H2,(H,21,23). The molecule has 2 aromatic carbocycles. The monoisotopic (exact) mass is 388 g/mol. The van der Waals surface area contributed by atoms with Gasteiger partial charge >= 0.3 is 5.76 Å². The molecule has 1 aliphatic rings. The molecule has 1 atom stereocenters. The second-order valence-electron chi connectivity index (χ2n) is 6.18. The zero-order chi connectivity index (χ0) is 18.1. The van der Waals surface area contributed by atoms with Crippen molar-refractivity contribution in [2.45, 2.75) is 30.3 Å². The van der Waals surface area contributed by atoms with Crippen molar-refractivity contribution in [1.29, 1.82) is 0 Å². The van der Waals surface area contributed by atoms with Gasteiger partial charge in [-0.3, -0.25) is 9.36 Å². The maximum absolute atomic E-state index is 12.5. The number of rotatable bonds is 4. The SMILES string of the molecule is O=C(CCn1c(=O)oc2ccccc21)NC1CCSc2ccc(Cl)cc21. The fourth-order valence-electron chi connectivity index (χ4n) is 3.22. The van der Waals surface area contributed by atoms with Crippen molar-refractivity contribution in [3.63, 3.8) is 0 Å².